The van der Waals surface area contributed by atoms with Crippen LogP contribution in [0.4, 0.5) is 5.69 Å². The Hall–Kier alpha value is -1.52. The molecule has 0 radical (unpaired) electrons. The molecule has 0 amide bonds. The van der Waals surface area contributed by atoms with Crippen molar-refractivity contribution in [3.63, 3.8) is 0 Å². The van der Waals surface area contributed by atoms with E-state index in [9.17, 15) is 0 Å². The van der Waals surface area contributed by atoms with Gasteiger partial charge in [0.15, 0.2) is 0 Å². The normalized spacial score (nSPS) is 25.2. The van der Waals surface area contributed by atoms with E-state index in [1.165, 1.54) is 32.4 Å². The summed E-state index contributed by atoms with van der Waals surface area (Å²) in [6.45, 7) is 2.46. The zero-order valence-corrected chi connectivity index (χ0v) is 12.6. The van der Waals surface area contributed by atoms with E-state index in [0.29, 0.717) is 12.1 Å². The molecule has 1 N–H and O–H groups in total. The highest BCUT2D eigenvalue weighted by molar-refractivity contribution is 6.31. The van der Waals surface area contributed by atoms with E-state index >= 15 is 0 Å². The summed E-state index contributed by atoms with van der Waals surface area (Å²) in [5, 5.41) is 8.82. The van der Waals surface area contributed by atoms with Crippen molar-refractivity contribution in [3.8, 4) is 5.69 Å². The van der Waals surface area contributed by atoms with Crippen molar-refractivity contribution in [1.82, 2.24) is 14.7 Å². The SMILES string of the molecule is Clc1ccc(-n2cccn2)c(NC2CCN3CCCC23)c1. The van der Waals surface area contributed by atoms with Crippen molar-refractivity contribution in [2.75, 3.05) is 18.4 Å². The van der Waals surface area contributed by atoms with Gasteiger partial charge in [0.1, 0.15) is 0 Å². The number of rotatable bonds is 3. The van der Waals surface area contributed by atoms with E-state index in [4.69, 9.17) is 11.6 Å². The van der Waals surface area contributed by atoms with Crippen LogP contribution >= 0.6 is 11.6 Å². The summed E-state index contributed by atoms with van der Waals surface area (Å²) in [7, 11) is 0. The van der Waals surface area contributed by atoms with Crippen molar-refractivity contribution in [2.45, 2.75) is 31.3 Å². The molecule has 3 heterocycles. The van der Waals surface area contributed by atoms with E-state index in [1.54, 1.807) is 6.20 Å². The average Bonchev–Trinajstić information content (AvgIpc) is 3.17. The van der Waals surface area contributed by atoms with Crippen LogP contribution in [0.3, 0.4) is 0 Å². The second-order valence-electron chi connectivity index (χ2n) is 5.90. The molecule has 0 spiro atoms. The molecule has 2 fully saturated rings. The zero-order valence-electron chi connectivity index (χ0n) is 11.9. The molecule has 110 valence electrons. The number of benzene rings is 1. The van der Waals surface area contributed by atoms with Crippen LogP contribution in [0.1, 0.15) is 19.3 Å². The fraction of sp³-hybridized carbons (Fsp3) is 0.438. The first-order valence-corrected chi connectivity index (χ1v) is 7.99. The Bertz CT molecular complexity index is 625. The lowest BCUT2D eigenvalue weighted by Gasteiger charge is -2.23. The van der Waals surface area contributed by atoms with Gasteiger partial charge in [-0.2, -0.15) is 5.10 Å². The van der Waals surface area contributed by atoms with Gasteiger partial charge < -0.3 is 5.32 Å². The number of hydrogen-bond donors (Lipinski definition) is 1. The van der Waals surface area contributed by atoms with Gasteiger partial charge in [0.25, 0.3) is 0 Å². The smallest absolute Gasteiger partial charge is 0.0877 e. The van der Waals surface area contributed by atoms with Gasteiger partial charge in [0.2, 0.25) is 0 Å². The Kier molecular flexibility index (Phi) is 3.36. The first-order chi connectivity index (χ1) is 10.3. The van der Waals surface area contributed by atoms with Gasteiger partial charge in [-0.25, -0.2) is 4.68 Å². The molecule has 2 saturated heterocycles. The summed E-state index contributed by atoms with van der Waals surface area (Å²) in [5.41, 5.74) is 2.13. The summed E-state index contributed by atoms with van der Waals surface area (Å²) in [5.74, 6) is 0. The third-order valence-electron chi connectivity index (χ3n) is 4.66. The highest BCUT2D eigenvalue weighted by Gasteiger charge is 2.37. The van der Waals surface area contributed by atoms with Crippen molar-refractivity contribution in [3.05, 3.63) is 41.7 Å². The Morgan fingerprint density at radius 3 is 3.05 bits per heavy atom. The second kappa shape index (κ2) is 5.35. The molecule has 0 bridgehead atoms. The molecule has 1 aromatic carbocycles. The molecule has 21 heavy (non-hydrogen) atoms. The molecular formula is C16H19ClN4. The predicted molar refractivity (Wildman–Crippen MR) is 85.2 cm³/mol. The lowest BCUT2D eigenvalue weighted by Crippen LogP contribution is -2.34. The Labute approximate surface area is 129 Å². The van der Waals surface area contributed by atoms with Crippen molar-refractivity contribution >= 4 is 17.3 Å². The van der Waals surface area contributed by atoms with Gasteiger partial charge in [-0.05, 0) is 50.1 Å². The maximum Gasteiger partial charge on any atom is 0.0877 e. The Morgan fingerprint density at radius 1 is 1.24 bits per heavy atom. The fourth-order valence-corrected chi connectivity index (χ4v) is 3.86. The summed E-state index contributed by atoms with van der Waals surface area (Å²) in [6, 6.07) is 9.08. The van der Waals surface area contributed by atoms with E-state index in [-0.39, 0.29) is 0 Å². The van der Waals surface area contributed by atoms with Crippen molar-refractivity contribution in [2.24, 2.45) is 0 Å². The number of fused-ring (bicyclic) bond motifs is 1. The van der Waals surface area contributed by atoms with Crippen LogP contribution in [0.5, 0.6) is 0 Å². The molecule has 5 heteroatoms. The third kappa shape index (κ3) is 2.43. The van der Waals surface area contributed by atoms with Crippen LogP contribution in [-0.4, -0.2) is 39.9 Å². The molecule has 1 aromatic heterocycles. The topological polar surface area (TPSA) is 33.1 Å². The van der Waals surface area contributed by atoms with Crippen LogP contribution < -0.4 is 5.32 Å². The van der Waals surface area contributed by atoms with Gasteiger partial charge in [-0.3, -0.25) is 4.90 Å². The summed E-state index contributed by atoms with van der Waals surface area (Å²) in [4.78, 5) is 2.61. The highest BCUT2D eigenvalue weighted by atomic mass is 35.5. The van der Waals surface area contributed by atoms with Crippen LogP contribution in [0.2, 0.25) is 5.02 Å². The zero-order chi connectivity index (χ0) is 14.2. The summed E-state index contributed by atoms with van der Waals surface area (Å²) in [6.07, 6.45) is 7.59. The summed E-state index contributed by atoms with van der Waals surface area (Å²) >= 11 is 6.19. The lowest BCUT2D eigenvalue weighted by molar-refractivity contribution is 0.318. The van der Waals surface area contributed by atoms with E-state index < -0.39 is 0 Å². The van der Waals surface area contributed by atoms with E-state index in [2.05, 4.69) is 15.3 Å². The average molecular weight is 303 g/mol. The van der Waals surface area contributed by atoms with Crippen LogP contribution in [-0.2, 0) is 0 Å². The minimum absolute atomic E-state index is 0.514. The maximum absolute atomic E-state index is 6.19. The standard InChI is InChI=1S/C16H19ClN4/c17-12-4-5-16(21-9-2-7-18-21)14(11-12)19-13-6-10-20-8-1-3-15(13)20/h2,4-5,7,9,11,13,15,19H,1,3,6,8,10H2. The predicted octanol–water partition coefficient (Wildman–Crippen LogP) is 3.17. The molecule has 2 unspecified atom stereocenters. The monoisotopic (exact) mass is 302 g/mol. The fourth-order valence-electron chi connectivity index (χ4n) is 3.69. The van der Waals surface area contributed by atoms with Gasteiger partial charge in [0.05, 0.1) is 11.4 Å². The number of hydrogen-bond acceptors (Lipinski definition) is 3. The molecule has 2 atom stereocenters. The molecule has 2 aromatic rings. The quantitative estimate of drug-likeness (QED) is 0.945. The van der Waals surface area contributed by atoms with Crippen molar-refractivity contribution < 1.29 is 0 Å². The van der Waals surface area contributed by atoms with Gasteiger partial charge in [-0.15, -0.1) is 0 Å². The largest absolute Gasteiger partial charge is 0.379 e. The number of nitrogens with one attached hydrogen (secondary N) is 1. The number of halogens is 1. The van der Waals surface area contributed by atoms with Crippen LogP contribution in [0.25, 0.3) is 5.69 Å². The highest BCUT2D eigenvalue weighted by Crippen LogP contribution is 2.32. The molecule has 4 nitrogen and oxygen atoms in total. The van der Waals surface area contributed by atoms with Crippen LogP contribution in [0.15, 0.2) is 36.7 Å². The molecule has 0 aliphatic carbocycles. The molecule has 2 aliphatic heterocycles. The summed E-state index contributed by atoms with van der Waals surface area (Å²) < 4.78 is 1.89. The number of anilines is 1. The molecule has 0 saturated carbocycles. The number of nitrogens with zero attached hydrogens (tertiary/aromatic N) is 3. The Balaban J connectivity index is 1.63. The van der Waals surface area contributed by atoms with E-state index in [0.717, 1.165) is 16.4 Å². The van der Waals surface area contributed by atoms with Crippen LogP contribution in [0, 0.1) is 0 Å². The first kappa shape index (κ1) is 13.2. The molecule has 4 rings (SSSR count). The minimum atomic E-state index is 0.514. The van der Waals surface area contributed by atoms with E-state index in [1.807, 2.05) is 35.1 Å². The second-order valence-corrected chi connectivity index (χ2v) is 6.33. The van der Waals surface area contributed by atoms with Gasteiger partial charge in [0, 0.05) is 36.0 Å². The van der Waals surface area contributed by atoms with Gasteiger partial charge in [-0.1, -0.05) is 11.6 Å². The van der Waals surface area contributed by atoms with Gasteiger partial charge >= 0.3 is 0 Å². The maximum atomic E-state index is 6.19. The first-order valence-electron chi connectivity index (χ1n) is 7.61. The molecular weight excluding hydrogens is 284 g/mol. The minimum Gasteiger partial charge on any atom is -0.379 e. The Morgan fingerprint density at radius 2 is 2.19 bits per heavy atom. The number of aromatic nitrogens is 2. The molecule has 2 aliphatic rings. The lowest BCUT2D eigenvalue weighted by atomic mass is 10.1. The third-order valence-corrected chi connectivity index (χ3v) is 4.89. The van der Waals surface area contributed by atoms with Crippen molar-refractivity contribution in [1.29, 1.82) is 0 Å².